The normalized spacial score (nSPS) is 14.7. The number of aromatic nitrogens is 2. The Kier molecular flexibility index (Phi) is 14.3. The summed E-state index contributed by atoms with van der Waals surface area (Å²) >= 11 is 0. The van der Waals surface area contributed by atoms with Crippen LogP contribution < -0.4 is 20.7 Å². The van der Waals surface area contributed by atoms with E-state index in [1.807, 2.05) is 43.3 Å². The molecule has 0 saturated carbocycles. The monoisotopic (exact) mass is 699 g/mol. The minimum atomic E-state index is -5.33. The number of alkyl halides is 3. The second kappa shape index (κ2) is 18.9. The van der Waals surface area contributed by atoms with Crippen LogP contribution in [0.4, 0.5) is 19.1 Å². The van der Waals surface area contributed by atoms with E-state index in [0.29, 0.717) is 76.0 Å². The van der Waals surface area contributed by atoms with Gasteiger partial charge in [0.2, 0.25) is 5.95 Å². The third-order valence-electron chi connectivity index (χ3n) is 7.98. The smallest absolute Gasteiger partial charge is 0.490 e. The van der Waals surface area contributed by atoms with Crippen LogP contribution >= 0.6 is 0 Å². The van der Waals surface area contributed by atoms with Crippen LogP contribution in [0.5, 0.6) is 5.75 Å². The lowest BCUT2D eigenvalue weighted by Gasteiger charge is -2.35. The number of ether oxygens (including phenoxy) is 3. The summed E-state index contributed by atoms with van der Waals surface area (Å²) in [5.41, 5.74) is 8.76. The molecule has 15 heteroatoms. The molecular formula is C35H44F3N7O5. The number of methoxy groups -OCH3 is 1. The standard InChI is InChI=1S/C35H44F3N7O5/c1-3-4-14-40-33(39)43-31(46)29(50-32(47)35(36,37)38)23-26-12-13-27(25-10-6-5-7-11-25)28(30(26)49-22-9-21-48-2)24-44-17-19-45(20-18-44)34-41-15-8-16-42-34/h5-8,10-13,15-16,29H,3-4,9,14,17-24H2,1-2H3,(H3,39,40,43,46). The molecule has 12 nitrogen and oxygen atoms in total. The van der Waals surface area contributed by atoms with Gasteiger partial charge >= 0.3 is 12.1 Å². The van der Waals surface area contributed by atoms with Crippen LogP contribution in [0.1, 0.15) is 37.3 Å². The lowest BCUT2D eigenvalue weighted by atomic mass is 9.93. The van der Waals surface area contributed by atoms with Gasteiger partial charge in [-0.1, -0.05) is 55.8 Å². The highest BCUT2D eigenvalue weighted by molar-refractivity contribution is 5.99. The number of hydrogen-bond donors (Lipinski definition) is 2. The number of amides is 1. The molecule has 3 aromatic rings. The van der Waals surface area contributed by atoms with Crippen LogP contribution in [-0.2, 0) is 32.0 Å². The fourth-order valence-electron chi connectivity index (χ4n) is 5.41. The Labute approximate surface area is 289 Å². The number of nitrogens with two attached hydrogens (primary N) is 1. The second-order valence-electron chi connectivity index (χ2n) is 11.7. The molecule has 1 atom stereocenters. The molecule has 50 heavy (non-hydrogen) atoms. The molecule has 4 rings (SSSR count). The van der Waals surface area contributed by atoms with Gasteiger partial charge in [0.1, 0.15) is 5.75 Å². The van der Waals surface area contributed by atoms with E-state index in [1.54, 1.807) is 31.6 Å². The van der Waals surface area contributed by atoms with Crippen molar-refractivity contribution >= 4 is 23.8 Å². The highest BCUT2D eigenvalue weighted by Gasteiger charge is 2.43. The number of halogens is 3. The fraction of sp³-hybridized carbons (Fsp3) is 0.457. The highest BCUT2D eigenvalue weighted by Crippen LogP contribution is 2.37. The first-order valence-electron chi connectivity index (χ1n) is 16.6. The summed E-state index contributed by atoms with van der Waals surface area (Å²) in [5.74, 6) is -2.79. The van der Waals surface area contributed by atoms with Crippen molar-refractivity contribution in [1.82, 2.24) is 20.2 Å². The second-order valence-corrected chi connectivity index (χ2v) is 11.7. The quantitative estimate of drug-likeness (QED) is 0.0970. The zero-order valence-electron chi connectivity index (χ0n) is 28.3. The number of carbonyl (C=O) groups is 2. The predicted molar refractivity (Wildman–Crippen MR) is 183 cm³/mol. The molecule has 0 spiro atoms. The third kappa shape index (κ3) is 11.1. The van der Waals surface area contributed by atoms with E-state index >= 15 is 0 Å². The molecule has 2 heterocycles. The van der Waals surface area contributed by atoms with Gasteiger partial charge in [0.05, 0.1) is 6.61 Å². The summed E-state index contributed by atoms with van der Waals surface area (Å²) < 4.78 is 56.5. The molecule has 1 unspecified atom stereocenters. The summed E-state index contributed by atoms with van der Waals surface area (Å²) in [6.07, 6.45) is -2.20. The van der Waals surface area contributed by atoms with Gasteiger partial charge in [0.15, 0.2) is 12.1 Å². The predicted octanol–water partition coefficient (Wildman–Crippen LogP) is 4.13. The van der Waals surface area contributed by atoms with Crippen molar-refractivity contribution in [1.29, 1.82) is 0 Å². The number of guanidine groups is 1. The van der Waals surface area contributed by atoms with E-state index in [1.165, 1.54) is 0 Å². The van der Waals surface area contributed by atoms with Gasteiger partial charge in [0.25, 0.3) is 5.91 Å². The van der Waals surface area contributed by atoms with Crippen molar-refractivity contribution in [3.8, 4) is 16.9 Å². The summed E-state index contributed by atoms with van der Waals surface area (Å²) in [5, 5.41) is 2.29. The first kappa shape index (κ1) is 38.0. The molecule has 2 aromatic carbocycles. The number of esters is 1. The molecule has 1 aliphatic heterocycles. The van der Waals surface area contributed by atoms with Gasteiger partial charge in [-0.25, -0.2) is 14.8 Å². The molecule has 1 aliphatic rings. The Balaban J connectivity index is 1.71. The molecule has 1 amide bonds. The van der Waals surface area contributed by atoms with E-state index in [0.717, 1.165) is 23.1 Å². The molecule has 0 bridgehead atoms. The third-order valence-corrected chi connectivity index (χ3v) is 7.98. The molecule has 270 valence electrons. The largest absolute Gasteiger partial charge is 0.493 e. The number of nitrogens with zero attached hydrogens (tertiary/aromatic N) is 5. The van der Waals surface area contributed by atoms with Gasteiger partial charge in [-0.2, -0.15) is 13.2 Å². The fourth-order valence-corrected chi connectivity index (χ4v) is 5.41. The van der Waals surface area contributed by atoms with E-state index < -0.39 is 30.6 Å². The first-order chi connectivity index (χ1) is 24.1. The Hall–Kier alpha value is -4.76. The van der Waals surface area contributed by atoms with E-state index in [9.17, 15) is 22.8 Å². The Bertz CT molecular complexity index is 1550. The number of piperazine rings is 1. The topological polar surface area (TPSA) is 144 Å². The van der Waals surface area contributed by atoms with Gasteiger partial charge in [-0.05, 0) is 29.2 Å². The SMILES string of the molecule is CCCCN=C(N)NC(=O)C(Cc1ccc(-c2ccccc2)c(CN2CCN(c3ncccn3)CC2)c1OCCCOC)OC(=O)C(F)(F)F. The maximum atomic E-state index is 13.4. The van der Waals surface area contributed by atoms with Crippen LogP contribution in [0.3, 0.4) is 0 Å². The van der Waals surface area contributed by atoms with Gasteiger partial charge in [0, 0.05) is 83.8 Å². The van der Waals surface area contributed by atoms with Crippen molar-refractivity contribution in [3.63, 3.8) is 0 Å². The van der Waals surface area contributed by atoms with Crippen LogP contribution in [0.15, 0.2) is 65.9 Å². The Morgan fingerprint density at radius 2 is 1.72 bits per heavy atom. The average molecular weight is 700 g/mol. The number of anilines is 1. The van der Waals surface area contributed by atoms with E-state index in [2.05, 4.69) is 30.1 Å². The number of unbranched alkanes of at least 4 members (excludes halogenated alkanes) is 1. The van der Waals surface area contributed by atoms with E-state index in [4.69, 9.17) is 19.9 Å². The number of aliphatic imine (C=N–C) groups is 1. The summed E-state index contributed by atoms with van der Waals surface area (Å²) in [4.78, 5) is 42.5. The molecule has 1 saturated heterocycles. The molecule has 1 aromatic heterocycles. The van der Waals surface area contributed by atoms with Crippen molar-refractivity contribution < 1.29 is 37.0 Å². The first-order valence-corrected chi connectivity index (χ1v) is 16.6. The molecular weight excluding hydrogens is 655 g/mol. The van der Waals surface area contributed by atoms with Crippen molar-refractivity contribution in [2.24, 2.45) is 10.7 Å². The highest BCUT2D eigenvalue weighted by atomic mass is 19.4. The lowest BCUT2D eigenvalue weighted by Crippen LogP contribution is -2.47. The van der Waals surface area contributed by atoms with Crippen molar-refractivity contribution in [2.45, 2.75) is 51.4 Å². The van der Waals surface area contributed by atoms with Crippen LogP contribution in [-0.4, -0.2) is 98.0 Å². The average Bonchev–Trinajstić information content (AvgIpc) is 3.11. The number of carbonyl (C=O) groups excluding carboxylic acids is 2. The van der Waals surface area contributed by atoms with Gasteiger partial charge in [-0.15, -0.1) is 0 Å². The zero-order chi connectivity index (χ0) is 35.9. The molecule has 3 N–H and O–H groups in total. The Morgan fingerprint density at radius 3 is 2.38 bits per heavy atom. The van der Waals surface area contributed by atoms with Gasteiger partial charge in [-0.3, -0.25) is 20.0 Å². The molecule has 0 radical (unpaired) electrons. The number of rotatable bonds is 16. The lowest BCUT2D eigenvalue weighted by molar-refractivity contribution is -0.205. The zero-order valence-corrected chi connectivity index (χ0v) is 28.3. The van der Waals surface area contributed by atoms with E-state index in [-0.39, 0.29) is 12.6 Å². The Morgan fingerprint density at radius 1 is 1.00 bits per heavy atom. The number of benzene rings is 2. The maximum absolute atomic E-state index is 13.4. The number of nitrogens with one attached hydrogen (secondary N) is 1. The van der Waals surface area contributed by atoms with Crippen LogP contribution in [0.25, 0.3) is 11.1 Å². The summed E-state index contributed by atoms with van der Waals surface area (Å²) in [7, 11) is 1.57. The summed E-state index contributed by atoms with van der Waals surface area (Å²) in [6.45, 7) is 6.01. The van der Waals surface area contributed by atoms with Crippen molar-refractivity contribution in [3.05, 3.63) is 72.1 Å². The minimum absolute atomic E-state index is 0.224. The molecule has 0 aliphatic carbocycles. The van der Waals surface area contributed by atoms with Crippen LogP contribution in [0.2, 0.25) is 0 Å². The maximum Gasteiger partial charge on any atom is 0.490 e. The summed E-state index contributed by atoms with van der Waals surface area (Å²) in [6, 6.07) is 14.9. The molecule has 1 fully saturated rings. The van der Waals surface area contributed by atoms with Crippen LogP contribution in [0, 0.1) is 0 Å². The van der Waals surface area contributed by atoms with Gasteiger partial charge < -0.3 is 24.8 Å². The van der Waals surface area contributed by atoms with Crippen molar-refractivity contribution in [2.75, 3.05) is 57.9 Å². The number of hydrogen-bond acceptors (Lipinski definition) is 10. The minimum Gasteiger partial charge on any atom is -0.493 e.